The highest BCUT2D eigenvalue weighted by atomic mass is 16.3. The van der Waals surface area contributed by atoms with Gasteiger partial charge in [-0.2, -0.15) is 0 Å². The highest BCUT2D eigenvalue weighted by molar-refractivity contribution is 5.97. The second kappa shape index (κ2) is 4.70. The summed E-state index contributed by atoms with van der Waals surface area (Å²) in [6.45, 7) is 0.633. The first-order valence-corrected chi connectivity index (χ1v) is 6.68. The molecule has 0 bridgehead atoms. The Kier molecular flexibility index (Phi) is 3.00. The second-order valence-corrected chi connectivity index (χ2v) is 5.28. The molecule has 2 amide bonds. The van der Waals surface area contributed by atoms with Gasteiger partial charge < -0.3 is 20.4 Å². The summed E-state index contributed by atoms with van der Waals surface area (Å²) < 4.78 is 0. The summed E-state index contributed by atoms with van der Waals surface area (Å²) in [4.78, 5) is 25.9. The van der Waals surface area contributed by atoms with Crippen LogP contribution in [0.4, 0.5) is 0 Å². The van der Waals surface area contributed by atoms with E-state index in [9.17, 15) is 19.8 Å². The van der Waals surface area contributed by atoms with Crippen LogP contribution in [0.25, 0.3) is 0 Å². The summed E-state index contributed by atoms with van der Waals surface area (Å²) in [6, 6.07) is 3.50. The number of benzene rings is 1. The quantitative estimate of drug-likeness (QED) is 0.670. The molecule has 106 valence electrons. The minimum atomic E-state index is -0.596. The predicted octanol–water partition coefficient (Wildman–Crippen LogP) is 0.130. The third-order valence-corrected chi connectivity index (χ3v) is 3.93. The number of nitrogens with one attached hydrogen (secondary N) is 1. The molecule has 0 radical (unpaired) electrons. The lowest BCUT2D eigenvalue weighted by Gasteiger charge is -2.34. The Balaban J connectivity index is 1.78. The van der Waals surface area contributed by atoms with Gasteiger partial charge in [-0.15, -0.1) is 0 Å². The van der Waals surface area contributed by atoms with E-state index >= 15 is 0 Å². The lowest BCUT2D eigenvalue weighted by molar-refractivity contribution is -0.146. The summed E-state index contributed by atoms with van der Waals surface area (Å²) in [6.07, 6.45) is 1.89. The fourth-order valence-electron chi connectivity index (χ4n) is 2.90. The van der Waals surface area contributed by atoms with Crippen molar-refractivity contribution in [1.82, 2.24) is 10.2 Å². The minimum Gasteiger partial charge on any atom is -0.504 e. The summed E-state index contributed by atoms with van der Waals surface area (Å²) >= 11 is 0. The first kappa shape index (κ1) is 12.8. The van der Waals surface area contributed by atoms with Gasteiger partial charge in [0.05, 0.1) is 0 Å². The van der Waals surface area contributed by atoms with Gasteiger partial charge in [0.15, 0.2) is 11.5 Å². The van der Waals surface area contributed by atoms with Crippen LogP contribution in [0.15, 0.2) is 18.2 Å². The van der Waals surface area contributed by atoms with Gasteiger partial charge in [-0.3, -0.25) is 9.59 Å². The van der Waals surface area contributed by atoms with Gasteiger partial charge >= 0.3 is 0 Å². The third kappa shape index (κ3) is 2.07. The van der Waals surface area contributed by atoms with Crippen LogP contribution < -0.4 is 5.32 Å². The van der Waals surface area contributed by atoms with E-state index < -0.39 is 6.04 Å². The Labute approximate surface area is 116 Å². The van der Waals surface area contributed by atoms with Crippen molar-refractivity contribution in [3.05, 3.63) is 23.8 Å². The van der Waals surface area contributed by atoms with E-state index in [0.717, 1.165) is 12.8 Å². The maximum atomic E-state index is 12.3. The third-order valence-electron chi connectivity index (χ3n) is 3.93. The van der Waals surface area contributed by atoms with E-state index in [1.165, 1.54) is 12.1 Å². The molecule has 6 heteroatoms. The molecule has 2 fully saturated rings. The second-order valence-electron chi connectivity index (χ2n) is 5.28. The number of phenols is 2. The highest BCUT2D eigenvalue weighted by Gasteiger charge is 2.42. The van der Waals surface area contributed by atoms with Gasteiger partial charge in [-0.25, -0.2) is 0 Å². The number of fused-ring (bicyclic) bond motifs is 1. The number of aromatic hydroxyl groups is 2. The van der Waals surface area contributed by atoms with Crippen molar-refractivity contribution in [3.8, 4) is 11.5 Å². The molecule has 2 heterocycles. The summed E-state index contributed by atoms with van der Waals surface area (Å²) in [5.41, 5.74) is 0.691. The normalized spacial score (nSPS) is 25.5. The largest absolute Gasteiger partial charge is 0.504 e. The molecule has 1 aromatic carbocycles. The molecule has 2 aliphatic rings. The monoisotopic (exact) mass is 276 g/mol. The number of amides is 2. The number of hydrogen-bond acceptors (Lipinski definition) is 4. The van der Waals surface area contributed by atoms with Gasteiger partial charge in [0.2, 0.25) is 11.8 Å². The fourth-order valence-corrected chi connectivity index (χ4v) is 2.90. The Morgan fingerprint density at radius 2 is 2.05 bits per heavy atom. The van der Waals surface area contributed by atoms with Crippen LogP contribution in [0.1, 0.15) is 18.4 Å². The Morgan fingerprint density at radius 1 is 1.25 bits per heavy atom. The van der Waals surface area contributed by atoms with Gasteiger partial charge in [0.1, 0.15) is 12.1 Å². The zero-order valence-corrected chi connectivity index (χ0v) is 10.9. The van der Waals surface area contributed by atoms with Crippen molar-refractivity contribution >= 4 is 11.8 Å². The molecule has 2 saturated heterocycles. The van der Waals surface area contributed by atoms with E-state index in [-0.39, 0.29) is 29.4 Å². The van der Waals surface area contributed by atoms with Gasteiger partial charge in [0.25, 0.3) is 0 Å². The van der Waals surface area contributed by atoms with Crippen LogP contribution in [-0.4, -0.2) is 45.6 Å². The summed E-state index contributed by atoms with van der Waals surface area (Å²) in [7, 11) is 0. The first-order chi connectivity index (χ1) is 9.56. The van der Waals surface area contributed by atoms with E-state index in [1.807, 2.05) is 0 Å². The molecule has 0 spiro atoms. The van der Waals surface area contributed by atoms with Crippen LogP contribution in [0.5, 0.6) is 11.5 Å². The predicted molar refractivity (Wildman–Crippen MR) is 70.1 cm³/mol. The molecule has 3 N–H and O–H groups in total. The Hall–Kier alpha value is -2.24. The smallest absolute Gasteiger partial charge is 0.246 e. The van der Waals surface area contributed by atoms with Crippen LogP contribution in [-0.2, 0) is 16.0 Å². The summed E-state index contributed by atoms with van der Waals surface area (Å²) in [5.74, 6) is -0.599. The van der Waals surface area contributed by atoms with Crippen LogP contribution in [0.2, 0.25) is 0 Å². The number of hydrogen-bond donors (Lipinski definition) is 3. The lowest BCUT2D eigenvalue weighted by atomic mass is 10.0. The van der Waals surface area contributed by atoms with Gasteiger partial charge in [-0.05, 0) is 30.5 Å². The van der Waals surface area contributed by atoms with E-state index in [1.54, 1.807) is 11.0 Å². The minimum absolute atomic E-state index is 0.0698. The number of carbonyl (C=O) groups excluding carboxylic acids is 2. The van der Waals surface area contributed by atoms with Gasteiger partial charge in [-0.1, -0.05) is 6.07 Å². The molecule has 3 rings (SSSR count). The number of carbonyl (C=O) groups is 2. The maximum Gasteiger partial charge on any atom is 0.246 e. The van der Waals surface area contributed by atoms with Crippen molar-refractivity contribution in [1.29, 1.82) is 0 Å². The number of rotatable bonds is 2. The molecule has 20 heavy (non-hydrogen) atoms. The van der Waals surface area contributed by atoms with Crippen molar-refractivity contribution in [3.63, 3.8) is 0 Å². The standard InChI is InChI=1S/C14H16N2O4/c17-11-4-3-8(7-12(11)18)6-9-14(20)16-5-1-2-10(16)13(19)15-9/h3-4,7,9-10,17-18H,1-2,5-6H2,(H,15,19)/t9?,10-/m0/s1. The molecule has 0 saturated carbocycles. The van der Waals surface area contributed by atoms with Crippen LogP contribution in [0.3, 0.4) is 0 Å². The average Bonchev–Trinajstić information content (AvgIpc) is 2.90. The fraction of sp³-hybridized carbons (Fsp3) is 0.429. The Morgan fingerprint density at radius 3 is 2.80 bits per heavy atom. The molecule has 2 atom stereocenters. The van der Waals surface area contributed by atoms with Crippen molar-refractivity contribution in [2.24, 2.45) is 0 Å². The molecular weight excluding hydrogens is 260 g/mol. The van der Waals surface area contributed by atoms with Crippen LogP contribution >= 0.6 is 0 Å². The molecule has 1 aromatic rings. The average molecular weight is 276 g/mol. The number of piperazine rings is 1. The molecular formula is C14H16N2O4. The zero-order chi connectivity index (χ0) is 14.3. The molecule has 6 nitrogen and oxygen atoms in total. The van der Waals surface area contributed by atoms with Crippen molar-refractivity contribution in [2.45, 2.75) is 31.3 Å². The highest BCUT2D eigenvalue weighted by Crippen LogP contribution is 2.27. The topological polar surface area (TPSA) is 89.9 Å². The first-order valence-electron chi connectivity index (χ1n) is 6.68. The van der Waals surface area contributed by atoms with Crippen molar-refractivity contribution < 1.29 is 19.8 Å². The molecule has 0 aliphatic carbocycles. The maximum absolute atomic E-state index is 12.3. The van der Waals surface area contributed by atoms with E-state index in [0.29, 0.717) is 18.5 Å². The van der Waals surface area contributed by atoms with Gasteiger partial charge in [0, 0.05) is 13.0 Å². The van der Waals surface area contributed by atoms with E-state index in [4.69, 9.17) is 0 Å². The number of phenolic OH excluding ortho intramolecular Hbond substituents is 2. The summed E-state index contributed by atoms with van der Waals surface area (Å²) in [5, 5.41) is 21.5. The zero-order valence-electron chi connectivity index (χ0n) is 10.9. The lowest BCUT2D eigenvalue weighted by Crippen LogP contribution is -2.61. The molecule has 2 aliphatic heterocycles. The van der Waals surface area contributed by atoms with Crippen molar-refractivity contribution in [2.75, 3.05) is 6.54 Å². The SMILES string of the molecule is O=C1NC(Cc2ccc(O)c(O)c2)C(=O)N2CCC[C@@H]12. The molecule has 0 aromatic heterocycles. The van der Waals surface area contributed by atoms with Crippen LogP contribution in [0, 0.1) is 0 Å². The number of nitrogens with zero attached hydrogens (tertiary/aromatic N) is 1. The van der Waals surface area contributed by atoms with E-state index in [2.05, 4.69) is 5.32 Å². The Bertz CT molecular complexity index is 572. The molecule has 1 unspecified atom stereocenters.